The van der Waals surface area contributed by atoms with Crippen LogP contribution in [0.25, 0.3) is 0 Å². The molecule has 1 aromatic carbocycles. The fraction of sp³-hybridized carbons (Fsp3) is 0.565. The Kier molecular flexibility index (Phi) is 5.62. The van der Waals surface area contributed by atoms with Gasteiger partial charge in [0.25, 0.3) is 11.8 Å². The number of rotatable bonds is 3. The number of nitrogens with zero attached hydrogens (tertiary/aromatic N) is 4. The van der Waals surface area contributed by atoms with Gasteiger partial charge in [0.05, 0.1) is 6.04 Å². The van der Waals surface area contributed by atoms with Crippen LogP contribution in [0.15, 0.2) is 24.3 Å². The molecule has 1 fully saturated rings. The Morgan fingerprint density at radius 1 is 0.967 bits per heavy atom. The number of carbonyl (C=O) groups is 2. The van der Waals surface area contributed by atoms with Gasteiger partial charge in [-0.05, 0) is 70.7 Å². The van der Waals surface area contributed by atoms with E-state index in [0.717, 1.165) is 56.8 Å². The monoisotopic (exact) mass is 409 g/mol. The summed E-state index contributed by atoms with van der Waals surface area (Å²) in [4.78, 5) is 27.5. The summed E-state index contributed by atoms with van der Waals surface area (Å²) in [5.74, 6) is 1.84. The predicted molar refractivity (Wildman–Crippen MR) is 114 cm³/mol. The minimum atomic E-state index is -0.301. The lowest BCUT2D eigenvalue weighted by Crippen LogP contribution is -2.40. The zero-order chi connectivity index (χ0) is 21.3. The first-order chi connectivity index (χ1) is 14.3. The molecule has 2 aliphatic heterocycles. The number of fused-ring (bicyclic) bond motifs is 1. The Hall–Kier alpha value is -2.70. The van der Waals surface area contributed by atoms with Gasteiger partial charge in [0, 0.05) is 36.2 Å². The summed E-state index contributed by atoms with van der Waals surface area (Å²) in [6.07, 6.45) is 6.34. The van der Waals surface area contributed by atoms with Gasteiger partial charge in [-0.1, -0.05) is 6.42 Å². The van der Waals surface area contributed by atoms with Crippen molar-refractivity contribution in [2.24, 2.45) is 0 Å². The number of aryl methyl sites for hydroxylation is 1. The summed E-state index contributed by atoms with van der Waals surface area (Å²) in [5.41, 5.74) is 0.858. The second-order valence-corrected chi connectivity index (χ2v) is 9.37. The number of hydrogen-bond donors (Lipinski definition) is 1. The number of amides is 2. The van der Waals surface area contributed by atoms with E-state index in [2.05, 4.69) is 20.1 Å². The summed E-state index contributed by atoms with van der Waals surface area (Å²) in [5, 5.41) is 11.9. The molecule has 1 saturated heterocycles. The van der Waals surface area contributed by atoms with E-state index in [-0.39, 0.29) is 23.4 Å². The maximum Gasteiger partial charge on any atom is 0.254 e. The highest BCUT2D eigenvalue weighted by Crippen LogP contribution is 2.33. The lowest BCUT2D eigenvalue weighted by molar-refractivity contribution is 0.0726. The molecule has 1 atom stereocenters. The number of likely N-dealkylation sites (tertiary alicyclic amines) is 1. The van der Waals surface area contributed by atoms with E-state index in [1.165, 1.54) is 6.42 Å². The molecule has 3 heterocycles. The molecule has 7 nitrogen and oxygen atoms in total. The number of carbonyl (C=O) groups excluding carboxylic acids is 2. The van der Waals surface area contributed by atoms with Crippen molar-refractivity contribution in [1.82, 2.24) is 25.0 Å². The molecule has 1 unspecified atom stereocenters. The van der Waals surface area contributed by atoms with Crippen LogP contribution in [0.1, 0.15) is 91.3 Å². The largest absolute Gasteiger partial charge is 0.347 e. The molecule has 0 radical (unpaired) electrons. The molecule has 2 aromatic rings. The first-order valence-electron chi connectivity index (χ1n) is 11.0. The third-order valence-electron chi connectivity index (χ3n) is 5.83. The molecule has 30 heavy (non-hydrogen) atoms. The molecule has 160 valence electrons. The highest BCUT2D eigenvalue weighted by atomic mass is 16.2. The van der Waals surface area contributed by atoms with E-state index in [1.807, 2.05) is 25.7 Å². The van der Waals surface area contributed by atoms with Gasteiger partial charge in [0.1, 0.15) is 5.82 Å². The summed E-state index contributed by atoms with van der Waals surface area (Å²) in [7, 11) is 0. The molecule has 0 bridgehead atoms. The number of aromatic nitrogens is 3. The summed E-state index contributed by atoms with van der Waals surface area (Å²) >= 11 is 0. The number of benzene rings is 1. The highest BCUT2D eigenvalue weighted by molar-refractivity contribution is 5.98. The van der Waals surface area contributed by atoms with Gasteiger partial charge < -0.3 is 14.8 Å². The highest BCUT2D eigenvalue weighted by Gasteiger charge is 2.35. The zero-order valence-corrected chi connectivity index (χ0v) is 18.1. The first kappa shape index (κ1) is 20.6. The van der Waals surface area contributed by atoms with Crippen molar-refractivity contribution in [3.63, 3.8) is 0 Å². The Labute approximate surface area is 177 Å². The molecule has 7 heteroatoms. The van der Waals surface area contributed by atoms with Crippen LogP contribution in [-0.4, -0.2) is 43.6 Å². The van der Waals surface area contributed by atoms with Crippen molar-refractivity contribution in [1.29, 1.82) is 0 Å². The third kappa shape index (κ3) is 4.25. The minimum Gasteiger partial charge on any atom is -0.347 e. The van der Waals surface area contributed by atoms with Crippen LogP contribution in [0, 0.1) is 0 Å². The maximum absolute atomic E-state index is 13.3. The van der Waals surface area contributed by atoms with Gasteiger partial charge >= 0.3 is 0 Å². The average molecular weight is 410 g/mol. The van der Waals surface area contributed by atoms with Crippen LogP contribution in [0.2, 0.25) is 0 Å². The summed E-state index contributed by atoms with van der Waals surface area (Å²) in [6.45, 7) is 7.50. The fourth-order valence-corrected chi connectivity index (χ4v) is 4.38. The summed E-state index contributed by atoms with van der Waals surface area (Å²) < 4.78 is 2.24. The predicted octanol–water partition coefficient (Wildman–Crippen LogP) is 3.51. The molecule has 0 saturated carbocycles. The van der Waals surface area contributed by atoms with Crippen molar-refractivity contribution in [3.8, 4) is 0 Å². The van der Waals surface area contributed by atoms with Crippen molar-refractivity contribution >= 4 is 11.8 Å². The van der Waals surface area contributed by atoms with E-state index >= 15 is 0 Å². The Morgan fingerprint density at radius 3 is 2.43 bits per heavy atom. The fourth-order valence-electron chi connectivity index (χ4n) is 4.38. The molecule has 1 aromatic heterocycles. The average Bonchev–Trinajstić information content (AvgIpc) is 3.27. The van der Waals surface area contributed by atoms with Crippen LogP contribution < -0.4 is 5.32 Å². The lowest BCUT2D eigenvalue weighted by Gasteiger charge is -2.25. The Bertz CT molecular complexity index is 926. The third-order valence-corrected chi connectivity index (χ3v) is 5.83. The van der Waals surface area contributed by atoms with Gasteiger partial charge in [-0.3, -0.25) is 9.59 Å². The molecule has 0 spiro atoms. The zero-order valence-electron chi connectivity index (χ0n) is 18.1. The van der Waals surface area contributed by atoms with E-state index in [0.29, 0.717) is 11.1 Å². The van der Waals surface area contributed by atoms with Crippen molar-refractivity contribution in [3.05, 3.63) is 47.0 Å². The quantitative estimate of drug-likeness (QED) is 0.841. The van der Waals surface area contributed by atoms with E-state index in [1.54, 1.807) is 24.3 Å². The molecule has 2 aliphatic rings. The standard InChI is InChI=1S/C23H31N5O2/c1-23(2,3)24-21(29)16-10-12-17(13-11-16)22(30)27-15-7-8-18(27)20-26-25-19-9-5-4-6-14-28(19)20/h10-13,18H,4-9,14-15H2,1-3H3,(H,24,29). The van der Waals surface area contributed by atoms with Crippen LogP contribution >= 0.6 is 0 Å². The van der Waals surface area contributed by atoms with Crippen LogP contribution in [-0.2, 0) is 13.0 Å². The molecule has 1 N–H and O–H groups in total. The summed E-state index contributed by atoms with van der Waals surface area (Å²) in [6, 6.07) is 6.92. The second kappa shape index (κ2) is 8.20. The second-order valence-electron chi connectivity index (χ2n) is 9.37. The lowest BCUT2D eigenvalue weighted by atomic mass is 10.1. The number of nitrogens with one attached hydrogen (secondary N) is 1. The van der Waals surface area contributed by atoms with E-state index in [9.17, 15) is 9.59 Å². The minimum absolute atomic E-state index is 0.00810. The molecular formula is C23H31N5O2. The molecule has 2 amide bonds. The van der Waals surface area contributed by atoms with Gasteiger partial charge in [0.15, 0.2) is 5.82 Å². The SMILES string of the molecule is CC(C)(C)NC(=O)c1ccc(C(=O)N2CCCC2c2nnc3n2CCCCC3)cc1. The molecule has 4 rings (SSSR count). The van der Waals surface area contributed by atoms with Gasteiger partial charge in [0.2, 0.25) is 0 Å². The number of hydrogen-bond acceptors (Lipinski definition) is 4. The van der Waals surface area contributed by atoms with E-state index in [4.69, 9.17) is 0 Å². The van der Waals surface area contributed by atoms with Crippen LogP contribution in [0.4, 0.5) is 0 Å². The smallest absolute Gasteiger partial charge is 0.254 e. The normalized spacial score (nSPS) is 19.3. The van der Waals surface area contributed by atoms with Crippen molar-refractivity contribution in [2.75, 3.05) is 6.54 Å². The van der Waals surface area contributed by atoms with Crippen LogP contribution in [0.3, 0.4) is 0 Å². The van der Waals surface area contributed by atoms with E-state index < -0.39 is 0 Å². The molecular weight excluding hydrogens is 378 g/mol. The maximum atomic E-state index is 13.3. The van der Waals surface area contributed by atoms with Crippen molar-refractivity contribution in [2.45, 2.75) is 77.4 Å². The van der Waals surface area contributed by atoms with Gasteiger partial charge in [-0.15, -0.1) is 10.2 Å². The van der Waals surface area contributed by atoms with Gasteiger partial charge in [-0.25, -0.2) is 0 Å². The Morgan fingerprint density at radius 2 is 1.70 bits per heavy atom. The van der Waals surface area contributed by atoms with Crippen LogP contribution in [0.5, 0.6) is 0 Å². The van der Waals surface area contributed by atoms with Gasteiger partial charge in [-0.2, -0.15) is 0 Å². The first-order valence-corrected chi connectivity index (χ1v) is 11.0. The Balaban J connectivity index is 1.52. The topological polar surface area (TPSA) is 80.1 Å². The van der Waals surface area contributed by atoms with Crippen molar-refractivity contribution < 1.29 is 9.59 Å². The molecule has 0 aliphatic carbocycles.